The largest absolute Gasteiger partial charge is 0.494 e. The zero-order chi connectivity index (χ0) is 17.4. The summed E-state index contributed by atoms with van der Waals surface area (Å²) in [4.78, 5) is 4.64. The van der Waals surface area contributed by atoms with Gasteiger partial charge in [-0.05, 0) is 44.6 Å². The number of hydrogen-bond acceptors (Lipinski definition) is 4. The monoisotopic (exact) mass is 479 g/mol. The van der Waals surface area contributed by atoms with E-state index in [0.29, 0.717) is 19.7 Å². The molecule has 1 aromatic carbocycles. The Morgan fingerprint density at radius 2 is 2.16 bits per heavy atom. The van der Waals surface area contributed by atoms with Crippen molar-refractivity contribution in [2.75, 3.05) is 31.2 Å². The zero-order valence-corrected chi connectivity index (χ0v) is 18.4. The number of aryl methyl sites for hydroxylation is 1. The van der Waals surface area contributed by atoms with Crippen molar-refractivity contribution in [2.45, 2.75) is 39.3 Å². The van der Waals surface area contributed by atoms with Crippen LogP contribution in [0.25, 0.3) is 0 Å². The molecule has 1 heterocycles. The van der Waals surface area contributed by atoms with E-state index in [1.54, 1.807) is 11.8 Å². The number of thioether (sulfide) groups is 1. The van der Waals surface area contributed by atoms with Gasteiger partial charge in [-0.1, -0.05) is 12.1 Å². The normalized spacial score (nSPS) is 20.1. The Balaban J connectivity index is 0.00000312. The highest BCUT2D eigenvalue weighted by molar-refractivity contribution is 14.0. The van der Waals surface area contributed by atoms with Gasteiger partial charge in [0.25, 0.3) is 0 Å². The van der Waals surface area contributed by atoms with Gasteiger partial charge in [-0.15, -0.1) is 24.0 Å². The summed E-state index contributed by atoms with van der Waals surface area (Å²) in [5, 5.41) is 17.0. The summed E-state index contributed by atoms with van der Waals surface area (Å²) < 4.78 is 5.71. The number of rotatable bonds is 7. The highest BCUT2D eigenvalue weighted by Gasteiger charge is 2.31. The third kappa shape index (κ3) is 7.22. The minimum atomic E-state index is -0.624. The predicted octanol–water partition coefficient (Wildman–Crippen LogP) is 2.93. The van der Waals surface area contributed by atoms with Crippen LogP contribution < -0.4 is 15.4 Å². The summed E-state index contributed by atoms with van der Waals surface area (Å²) in [6.07, 6.45) is 0.830. The maximum absolute atomic E-state index is 10.5. The lowest BCUT2D eigenvalue weighted by Gasteiger charge is -2.23. The smallest absolute Gasteiger partial charge is 0.191 e. The molecule has 7 heteroatoms. The van der Waals surface area contributed by atoms with Gasteiger partial charge in [-0.25, -0.2) is 4.99 Å². The second kappa shape index (κ2) is 11.1. The van der Waals surface area contributed by atoms with Crippen molar-refractivity contribution in [2.24, 2.45) is 4.99 Å². The number of guanidine groups is 1. The Morgan fingerprint density at radius 3 is 2.80 bits per heavy atom. The summed E-state index contributed by atoms with van der Waals surface area (Å²) in [6, 6.07) is 6.19. The molecule has 3 N–H and O–H groups in total. The van der Waals surface area contributed by atoms with E-state index in [2.05, 4.69) is 34.7 Å². The highest BCUT2D eigenvalue weighted by atomic mass is 127. The molecule has 1 aliphatic rings. The molecule has 0 aromatic heterocycles. The molecule has 1 saturated heterocycles. The molecule has 1 unspecified atom stereocenters. The lowest BCUT2D eigenvalue weighted by Crippen LogP contribution is -2.47. The topological polar surface area (TPSA) is 65.9 Å². The van der Waals surface area contributed by atoms with Crippen LogP contribution in [0.2, 0.25) is 0 Å². The van der Waals surface area contributed by atoms with Crippen molar-refractivity contribution in [3.05, 3.63) is 29.3 Å². The van der Waals surface area contributed by atoms with Crippen LogP contribution in [0.5, 0.6) is 5.75 Å². The lowest BCUT2D eigenvalue weighted by molar-refractivity contribution is 0.0724. The van der Waals surface area contributed by atoms with Crippen LogP contribution in [-0.2, 0) is 6.54 Å². The van der Waals surface area contributed by atoms with Crippen molar-refractivity contribution in [1.29, 1.82) is 0 Å². The van der Waals surface area contributed by atoms with Gasteiger partial charge >= 0.3 is 0 Å². The van der Waals surface area contributed by atoms with E-state index in [9.17, 15) is 5.11 Å². The molecule has 0 amide bonds. The summed E-state index contributed by atoms with van der Waals surface area (Å²) in [5.74, 6) is 3.42. The first-order valence-corrected chi connectivity index (χ1v) is 9.76. The van der Waals surface area contributed by atoms with Crippen LogP contribution in [0, 0.1) is 6.92 Å². The average molecular weight is 479 g/mol. The first-order chi connectivity index (χ1) is 11.6. The van der Waals surface area contributed by atoms with E-state index in [1.807, 2.05) is 19.9 Å². The average Bonchev–Trinajstić information content (AvgIpc) is 2.99. The molecule has 0 saturated carbocycles. The highest BCUT2D eigenvalue weighted by Crippen LogP contribution is 2.27. The Kier molecular flexibility index (Phi) is 9.96. The van der Waals surface area contributed by atoms with E-state index >= 15 is 0 Å². The molecule has 0 bridgehead atoms. The van der Waals surface area contributed by atoms with E-state index in [4.69, 9.17) is 4.74 Å². The number of aliphatic imine (C=N–C) groups is 1. The number of aliphatic hydroxyl groups is 1. The molecule has 1 atom stereocenters. The number of hydrogen-bond donors (Lipinski definition) is 3. The molecule has 142 valence electrons. The van der Waals surface area contributed by atoms with Crippen molar-refractivity contribution in [1.82, 2.24) is 10.6 Å². The third-order valence-electron chi connectivity index (χ3n) is 3.94. The van der Waals surface area contributed by atoms with Crippen LogP contribution in [0.1, 0.15) is 31.4 Å². The second-order valence-corrected chi connectivity index (χ2v) is 7.23. The van der Waals surface area contributed by atoms with E-state index in [-0.39, 0.29) is 24.0 Å². The molecule has 1 aliphatic heterocycles. The Morgan fingerprint density at radius 1 is 1.36 bits per heavy atom. The quantitative estimate of drug-likeness (QED) is 0.319. The van der Waals surface area contributed by atoms with Crippen LogP contribution in [0.4, 0.5) is 0 Å². The molecule has 1 aromatic rings. The third-order valence-corrected chi connectivity index (χ3v) is 5.18. The van der Waals surface area contributed by atoms with Gasteiger partial charge in [0.15, 0.2) is 5.96 Å². The van der Waals surface area contributed by atoms with Crippen molar-refractivity contribution < 1.29 is 9.84 Å². The van der Waals surface area contributed by atoms with Crippen molar-refractivity contribution in [3.63, 3.8) is 0 Å². The van der Waals surface area contributed by atoms with Crippen molar-refractivity contribution >= 4 is 41.7 Å². The number of ether oxygens (including phenoxy) is 1. The number of halogens is 1. The lowest BCUT2D eigenvalue weighted by atomic mass is 10.0. The Hall–Kier alpha value is -0.670. The molecular formula is C18H30IN3O2S. The van der Waals surface area contributed by atoms with Crippen LogP contribution in [-0.4, -0.2) is 47.9 Å². The van der Waals surface area contributed by atoms with Crippen LogP contribution in [0.15, 0.2) is 23.2 Å². The summed E-state index contributed by atoms with van der Waals surface area (Å²) in [6.45, 7) is 8.57. The summed E-state index contributed by atoms with van der Waals surface area (Å²) in [5.41, 5.74) is 1.62. The fourth-order valence-corrected chi connectivity index (χ4v) is 3.87. The maximum atomic E-state index is 10.5. The summed E-state index contributed by atoms with van der Waals surface area (Å²) in [7, 11) is 0. The Bertz CT molecular complexity index is 563. The predicted molar refractivity (Wildman–Crippen MR) is 117 cm³/mol. The summed E-state index contributed by atoms with van der Waals surface area (Å²) >= 11 is 1.80. The van der Waals surface area contributed by atoms with Gasteiger partial charge in [0.2, 0.25) is 0 Å². The van der Waals surface area contributed by atoms with Gasteiger partial charge in [0.1, 0.15) is 5.75 Å². The van der Waals surface area contributed by atoms with E-state index < -0.39 is 5.60 Å². The maximum Gasteiger partial charge on any atom is 0.191 e. The molecule has 0 radical (unpaired) electrons. The van der Waals surface area contributed by atoms with E-state index in [1.165, 1.54) is 5.56 Å². The van der Waals surface area contributed by atoms with Crippen LogP contribution >= 0.6 is 35.7 Å². The van der Waals surface area contributed by atoms with Gasteiger partial charge in [-0.3, -0.25) is 0 Å². The van der Waals surface area contributed by atoms with Gasteiger partial charge < -0.3 is 20.5 Å². The minimum Gasteiger partial charge on any atom is -0.494 e. The molecule has 25 heavy (non-hydrogen) atoms. The number of nitrogens with zero attached hydrogens (tertiary/aromatic N) is 1. The van der Waals surface area contributed by atoms with Gasteiger partial charge in [-0.2, -0.15) is 11.8 Å². The van der Waals surface area contributed by atoms with Crippen molar-refractivity contribution in [3.8, 4) is 5.75 Å². The first-order valence-electron chi connectivity index (χ1n) is 8.61. The molecule has 0 spiro atoms. The number of benzene rings is 1. The molecule has 1 fully saturated rings. The fourth-order valence-electron chi connectivity index (χ4n) is 2.57. The second-order valence-electron chi connectivity index (χ2n) is 6.12. The first kappa shape index (κ1) is 22.4. The van der Waals surface area contributed by atoms with Gasteiger partial charge in [0.05, 0.1) is 18.8 Å². The molecular weight excluding hydrogens is 449 g/mol. The fraction of sp³-hybridized carbons (Fsp3) is 0.611. The van der Waals surface area contributed by atoms with E-state index in [0.717, 1.165) is 41.7 Å². The molecule has 5 nitrogen and oxygen atoms in total. The van der Waals surface area contributed by atoms with Gasteiger partial charge in [0, 0.05) is 24.4 Å². The molecule has 0 aliphatic carbocycles. The Labute approximate surface area is 172 Å². The van der Waals surface area contributed by atoms with Crippen LogP contribution in [0.3, 0.4) is 0 Å². The standard InChI is InChI=1S/C18H29N3O2S.HI/c1-4-19-17(21-12-18(22)8-9-24-13-18)20-11-15-7-6-14(3)10-16(15)23-5-2;/h6-7,10,22H,4-5,8-9,11-13H2,1-3H3,(H2,19,20,21);1H. The SMILES string of the molecule is CCNC(=NCc1ccc(C)cc1OCC)NCC1(O)CCSC1.I. The zero-order valence-electron chi connectivity index (χ0n) is 15.3. The number of nitrogens with one attached hydrogen (secondary N) is 2. The minimum absolute atomic E-state index is 0. The molecule has 2 rings (SSSR count).